The molecule has 0 aliphatic rings. The largest absolute Gasteiger partial charge is 0.493 e. The minimum Gasteiger partial charge on any atom is -0.493 e. The van der Waals surface area contributed by atoms with Gasteiger partial charge in [-0.25, -0.2) is 0 Å². The number of nitro benzene ring substituents is 1. The Morgan fingerprint density at radius 1 is 1.14 bits per heavy atom. The van der Waals surface area contributed by atoms with Gasteiger partial charge in [-0.1, -0.05) is 24.3 Å². The first-order valence-corrected chi connectivity index (χ1v) is 8.83. The number of hydrogen-bond acceptors (Lipinski definition) is 4. The predicted octanol–water partition coefficient (Wildman–Crippen LogP) is 4.57. The van der Waals surface area contributed by atoms with E-state index in [9.17, 15) is 28.1 Å². The molecule has 0 aliphatic carbocycles. The Morgan fingerprint density at radius 3 is 2.34 bits per heavy atom. The molecule has 0 N–H and O–H groups in total. The highest BCUT2D eigenvalue weighted by Crippen LogP contribution is 2.23. The van der Waals surface area contributed by atoms with Gasteiger partial charge in [0.25, 0.3) is 5.69 Å². The molecule has 0 saturated carbocycles. The van der Waals surface area contributed by atoms with Gasteiger partial charge in [0.2, 0.25) is 5.91 Å². The molecule has 0 aromatic heterocycles. The lowest BCUT2D eigenvalue weighted by Crippen LogP contribution is -2.39. The van der Waals surface area contributed by atoms with Gasteiger partial charge in [-0.2, -0.15) is 13.2 Å². The van der Waals surface area contributed by atoms with Gasteiger partial charge in [0.05, 0.1) is 24.5 Å². The topological polar surface area (TPSA) is 72.7 Å². The van der Waals surface area contributed by atoms with E-state index in [1.54, 1.807) is 12.1 Å². The number of halogens is 3. The summed E-state index contributed by atoms with van der Waals surface area (Å²) >= 11 is 0. The molecule has 0 bridgehead atoms. The lowest BCUT2D eigenvalue weighted by molar-refractivity contribution is -0.385. The van der Waals surface area contributed by atoms with Crippen LogP contribution in [0, 0.1) is 24.0 Å². The van der Waals surface area contributed by atoms with Crippen molar-refractivity contribution >= 4 is 11.6 Å². The van der Waals surface area contributed by atoms with E-state index in [4.69, 9.17) is 4.74 Å². The van der Waals surface area contributed by atoms with Crippen LogP contribution in [-0.4, -0.2) is 35.1 Å². The summed E-state index contributed by atoms with van der Waals surface area (Å²) in [6.07, 6.45) is -4.92. The van der Waals surface area contributed by atoms with Crippen LogP contribution >= 0.6 is 0 Å². The van der Waals surface area contributed by atoms with Crippen LogP contribution in [-0.2, 0) is 11.3 Å². The number of carbonyl (C=O) groups excluding carboxylic acids is 1. The number of carbonyl (C=O) groups is 1. The molecule has 0 unspecified atom stereocenters. The van der Waals surface area contributed by atoms with E-state index < -0.39 is 30.1 Å². The quantitative estimate of drug-likeness (QED) is 0.472. The lowest BCUT2D eigenvalue weighted by atomic mass is 10.1. The van der Waals surface area contributed by atoms with Crippen LogP contribution < -0.4 is 4.74 Å². The summed E-state index contributed by atoms with van der Waals surface area (Å²) in [4.78, 5) is 23.4. The van der Waals surface area contributed by atoms with Crippen molar-refractivity contribution in [2.24, 2.45) is 0 Å². The molecule has 0 heterocycles. The summed E-state index contributed by atoms with van der Waals surface area (Å²) in [5.74, 6) is -0.277. The molecule has 0 spiro atoms. The Kier molecular flexibility index (Phi) is 7.19. The monoisotopic (exact) mass is 410 g/mol. The SMILES string of the molecule is Cc1cc(C)cc(OCCC(=O)N(Cc2ccccc2[N+](=O)[O-])CC(F)(F)F)c1. The molecule has 6 nitrogen and oxygen atoms in total. The number of para-hydroxylation sites is 1. The Bertz CT molecular complexity index is 864. The molecule has 2 aromatic carbocycles. The van der Waals surface area contributed by atoms with Crippen molar-refractivity contribution in [3.63, 3.8) is 0 Å². The normalized spacial score (nSPS) is 11.2. The highest BCUT2D eigenvalue weighted by Gasteiger charge is 2.33. The summed E-state index contributed by atoms with van der Waals surface area (Å²) in [6, 6.07) is 10.9. The van der Waals surface area contributed by atoms with Crippen LogP contribution in [0.5, 0.6) is 5.75 Å². The number of nitrogens with zero attached hydrogens (tertiary/aromatic N) is 2. The van der Waals surface area contributed by atoms with Crippen molar-refractivity contribution in [1.29, 1.82) is 0 Å². The van der Waals surface area contributed by atoms with Gasteiger partial charge in [-0.15, -0.1) is 0 Å². The number of hydrogen-bond donors (Lipinski definition) is 0. The number of alkyl halides is 3. The summed E-state index contributed by atoms with van der Waals surface area (Å²) in [6.45, 7) is 1.64. The van der Waals surface area contributed by atoms with Gasteiger partial charge in [0, 0.05) is 11.6 Å². The molecule has 156 valence electrons. The van der Waals surface area contributed by atoms with Crippen molar-refractivity contribution in [3.05, 3.63) is 69.3 Å². The second-order valence-corrected chi connectivity index (χ2v) is 6.67. The summed E-state index contributed by atoms with van der Waals surface area (Å²) in [7, 11) is 0. The third-order valence-corrected chi connectivity index (χ3v) is 4.05. The Labute approximate surface area is 166 Å². The highest BCUT2D eigenvalue weighted by atomic mass is 19.4. The maximum atomic E-state index is 12.9. The van der Waals surface area contributed by atoms with Crippen molar-refractivity contribution in [2.75, 3.05) is 13.2 Å². The van der Waals surface area contributed by atoms with E-state index in [0.717, 1.165) is 11.1 Å². The predicted molar refractivity (Wildman–Crippen MR) is 101 cm³/mol. The third-order valence-electron chi connectivity index (χ3n) is 4.05. The van der Waals surface area contributed by atoms with E-state index in [1.807, 2.05) is 19.9 Å². The van der Waals surface area contributed by atoms with Crippen molar-refractivity contribution in [1.82, 2.24) is 4.90 Å². The van der Waals surface area contributed by atoms with E-state index in [2.05, 4.69) is 0 Å². The van der Waals surface area contributed by atoms with E-state index in [-0.39, 0.29) is 24.3 Å². The fourth-order valence-corrected chi connectivity index (χ4v) is 2.91. The van der Waals surface area contributed by atoms with Crippen LogP contribution in [0.2, 0.25) is 0 Å². The minimum absolute atomic E-state index is 0.0327. The average Bonchev–Trinajstić information content (AvgIpc) is 2.59. The number of aryl methyl sites for hydroxylation is 2. The van der Waals surface area contributed by atoms with Crippen LogP contribution in [0.4, 0.5) is 18.9 Å². The van der Waals surface area contributed by atoms with Crippen LogP contribution in [0.15, 0.2) is 42.5 Å². The molecule has 2 rings (SSSR count). The Balaban J connectivity index is 2.09. The van der Waals surface area contributed by atoms with Crippen LogP contribution in [0.1, 0.15) is 23.1 Å². The van der Waals surface area contributed by atoms with Gasteiger partial charge in [0.15, 0.2) is 0 Å². The number of amides is 1. The maximum absolute atomic E-state index is 12.9. The standard InChI is InChI=1S/C20H21F3N2O4/c1-14-9-15(2)11-17(10-14)29-8-7-19(26)24(13-20(21,22)23)12-16-5-3-4-6-18(16)25(27)28/h3-6,9-11H,7-8,12-13H2,1-2H3. The molecule has 0 aliphatic heterocycles. The molecule has 9 heteroatoms. The van der Waals surface area contributed by atoms with Gasteiger partial charge >= 0.3 is 6.18 Å². The molecule has 0 radical (unpaired) electrons. The Morgan fingerprint density at radius 2 is 1.76 bits per heavy atom. The molecule has 0 atom stereocenters. The molecular formula is C20H21F3N2O4. The zero-order valence-electron chi connectivity index (χ0n) is 16.0. The average molecular weight is 410 g/mol. The third kappa shape index (κ3) is 7.10. The van der Waals surface area contributed by atoms with Crippen LogP contribution in [0.25, 0.3) is 0 Å². The van der Waals surface area contributed by atoms with Crippen molar-refractivity contribution in [2.45, 2.75) is 33.0 Å². The minimum atomic E-state index is -4.63. The van der Waals surface area contributed by atoms with E-state index in [0.29, 0.717) is 10.6 Å². The zero-order valence-corrected chi connectivity index (χ0v) is 16.0. The Hall–Kier alpha value is -3.10. The highest BCUT2D eigenvalue weighted by molar-refractivity contribution is 5.76. The van der Waals surface area contributed by atoms with Crippen molar-refractivity contribution < 1.29 is 27.6 Å². The molecule has 1 amide bonds. The zero-order chi connectivity index (χ0) is 21.6. The second kappa shape index (κ2) is 9.40. The number of rotatable bonds is 8. The molecule has 29 heavy (non-hydrogen) atoms. The smallest absolute Gasteiger partial charge is 0.406 e. The van der Waals surface area contributed by atoms with E-state index >= 15 is 0 Å². The van der Waals surface area contributed by atoms with E-state index in [1.165, 1.54) is 24.3 Å². The molecular weight excluding hydrogens is 389 g/mol. The fraction of sp³-hybridized carbons (Fsp3) is 0.350. The summed E-state index contributed by atoms with van der Waals surface area (Å²) < 4.78 is 44.3. The number of benzene rings is 2. The maximum Gasteiger partial charge on any atom is 0.406 e. The number of ether oxygens (including phenoxy) is 1. The summed E-state index contributed by atoms with van der Waals surface area (Å²) in [5, 5.41) is 11.1. The molecule has 0 saturated heterocycles. The first-order chi connectivity index (χ1) is 13.5. The van der Waals surface area contributed by atoms with Gasteiger partial charge in [0.1, 0.15) is 12.3 Å². The fourth-order valence-electron chi connectivity index (χ4n) is 2.91. The second-order valence-electron chi connectivity index (χ2n) is 6.67. The number of nitro groups is 1. The lowest BCUT2D eigenvalue weighted by Gasteiger charge is -2.24. The first kappa shape index (κ1) is 22.2. The van der Waals surface area contributed by atoms with Crippen LogP contribution in [0.3, 0.4) is 0 Å². The molecule has 0 fully saturated rings. The summed E-state index contributed by atoms with van der Waals surface area (Å²) in [5.41, 5.74) is 1.62. The van der Waals surface area contributed by atoms with Crippen molar-refractivity contribution in [3.8, 4) is 5.75 Å². The molecule has 2 aromatic rings. The van der Waals surface area contributed by atoms with Gasteiger partial charge < -0.3 is 9.64 Å². The van der Waals surface area contributed by atoms with Gasteiger partial charge in [-0.05, 0) is 37.1 Å². The van der Waals surface area contributed by atoms with Gasteiger partial charge in [-0.3, -0.25) is 14.9 Å². The first-order valence-electron chi connectivity index (χ1n) is 8.83.